The number of nitrogens with zero attached hydrogens (tertiary/aromatic N) is 2. The summed E-state index contributed by atoms with van der Waals surface area (Å²) >= 11 is 1.28. The van der Waals surface area contributed by atoms with E-state index in [0.717, 1.165) is 11.1 Å². The van der Waals surface area contributed by atoms with Crippen molar-refractivity contribution in [3.05, 3.63) is 76.5 Å². The van der Waals surface area contributed by atoms with Crippen LogP contribution in [-0.2, 0) is 14.4 Å². The molecule has 0 fully saturated rings. The molecule has 0 saturated carbocycles. The number of nitrogens with one attached hydrogen (secondary N) is 2. The van der Waals surface area contributed by atoms with Crippen LogP contribution in [0.5, 0.6) is 0 Å². The number of carbonyl (C=O) groups excluding carboxylic acids is 3. The van der Waals surface area contributed by atoms with E-state index in [9.17, 15) is 18.8 Å². The highest BCUT2D eigenvalue weighted by Crippen LogP contribution is 2.31. The van der Waals surface area contributed by atoms with Crippen LogP contribution in [0.15, 0.2) is 54.0 Å². The maximum Gasteiger partial charge on any atom is 0.248 e. The highest BCUT2D eigenvalue weighted by molar-refractivity contribution is 7.13. The standard InChI is InChI=1S/C26H29FN4O3S/c1-16(2)29-25(34)24(19-5-7-20(27)8-6-19)31(21-14-17(3)13-18(4)15-21)23(33)10-9-22(32)30-26-28-11-12-35-26/h5-8,11-16,24H,9-10H2,1-4H3,(H,29,34)(H,28,30,32)/t24-/m0/s1. The third-order valence-corrected chi connectivity index (χ3v) is 5.81. The van der Waals surface area contributed by atoms with E-state index in [4.69, 9.17) is 0 Å². The topological polar surface area (TPSA) is 91.4 Å². The second-order valence-corrected chi connectivity index (χ2v) is 9.51. The van der Waals surface area contributed by atoms with Gasteiger partial charge in [0.15, 0.2) is 5.13 Å². The number of anilines is 2. The first-order valence-corrected chi connectivity index (χ1v) is 12.2. The molecule has 35 heavy (non-hydrogen) atoms. The highest BCUT2D eigenvalue weighted by atomic mass is 32.1. The lowest BCUT2D eigenvalue weighted by atomic mass is 10.0. The van der Waals surface area contributed by atoms with E-state index in [1.54, 1.807) is 11.6 Å². The number of halogens is 1. The van der Waals surface area contributed by atoms with Crippen LogP contribution >= 0.6 is 11.3 Å². The molecule has 0 aliphatic heterocycles. The maximum atomic E-state index is 13.7. The van der Waals surface area contributed by atoms with Crippen LogP contribution < -0.4 is 15.5 Å². The Hall–Kier alpha value is -3.59. The predicted molar refractivity (Wildman–Crippen MR) is 136 cm³/mol. The molecule has 0 saturated heterocycles. The quantitative estimate of drug-likeness (QED) is 0.440. The van der Waals surface area contributed by atoms with Crippen LogP contribution in [0.1, 0.15) is 49.4 Å². The maximum absolute atomic E-state index is 13.7. The van der Waals surface area contributed by atoms with Crippen LogP contribution in [0.25, 0.3) is 0 Å². The fraction of sp³-hybridized carbons (Fsp3) is 0.308. The van der Waals surface area contributed by atoms with Crippen molar-refractivity contribution in [2.24, 2.45) is 0 Å². The van der Waals surface area contributed by atoms with Gasteiger partial charge in [0.1, 0.15) is 11.9 Å². The number of rotatable bonds is 9. The molecule has 2 N–H and O–H groups in total. The van der Waals surface area contributed by atoms with Crippen molar-refractivity contribution in [1.29, 1.82) is 0 Å². The molecule has 1 aromatic heterocycles. The third kappa shape index (κ3) is 7.19. The first kappa shape index (κ1) is 26.0. The largest absolute Gasteiger partial charge is 0.352 e. The number of aryl methyl sites for hydroxylation is 2. The Balaban J connectivity index is 1.98. The van der Waals surface area contributed by atoms with Crippen molar-refractivity contribution in [2.75, 3.05) is 10.2 Å². The van der Waals surface area contributed by atoms with Gasteiger partial charge in [-0.1, -0.05) is 18.2 Å². The van der Waals surface area contributed by atoms with E-state index in [1.807, 2.05) is 45.9 Å². The summed E-state index contributed by atoms with van der Waals surface area (Å²) in [5, 5.41) is 7.73. The molecule has 3 aromatic rings. The third-order valence-electron chi connectivity index (χ3n) is 5.12. The first-order valence-electron chi connectivity index (χ1n) is 11.3. The summed E-state index contributed by atoms with van der Waals surface area (Å²) in [5.41, 5.74) is 2.83. The van der Waals surface area contributed by atoms with Crippen LogP contribution in [0, 0.1) is 19.7 Å². The highest BCUT2D eigenvalue weighted by Gasteiger charge is 2.33. The molecule has 1 heterocycles. The lowest BCUT2D eigenvalue weighted by molar-refractivity contribution is -0.127. The minimum atomic E-state index is -1.05. The summed E-state index contributed by atoms with van der Waals surface area (Å²) in [6.07, 6.45) is 1.37. The molecule has 7 nitrogen and oxygen atoms in total. The average molecular weight is 497 g/mol. The van der Waals surface area contributed by atoms with E-state index < -0.39 is 23.7 Å². The summed E-state index contributed by atoms with van der Waals surface area (Å²) in [6.45, 7) is 7.46. The molecule has 184 valence electrons. The zero-order valence-corrected chi connectivity index (χ0v) is 21.0. The molecule has 0 aliphatic carbocycles. The molecule has 2 aromatic carbocycles. The summed E-state index contributed by atoms with van der Waals surface area (Å²) in [5.74, 6) is -1.59. The van der Waals surface area contributed by atoms with Crippen LogP contribution in [0.2, 0.25) is 0 Å². The van der Waals surface area contributed by atoms with Crippen LogP contribution in [0.3, 0.4) is 0 Å². The summed E-state index contributed by atoms with van der Waals surface area (Å²) in [6, 6.07) is 9.90. The molecule has 0 radical (unpaired) electrons. The molecule has 3 amide bonds. The second kappa shape index (κ2) is 11.7. The number of thiazole rings is 1. The molecule has 0 unspecified atom stereocenters. The minimum absolute atomic E-state index is 0.0817. The molecule has 0 spiro atoms. The molecular weight excluding hydrogens is 467 g/mol. The van der Waals surface area contributed by atoms with Crippen molar-refractivity contribution in [2.45, 2.75) is 52.6 Å². The summed E-state index contributed by atoms with van der Waals surface area (Å²) in [7, 11) is 0. The first-order chi connectivity index (χ1) is 16.6. The Labute approximate surface area is 208 Å². The second-order valence-electron chi connectivity index (χ2n) is 8.61. The zero-order chi connectivity index (χ0) is 25.5. The van der Waals surface area contributed by atoms with Gasteiger partial charge in [-0.05, 0) is 68.7 Å². The molecule has 3 rings (SSSR count). The summed E-state index contributed by atoms with van der Waals surface area (Å²) < 4.78 is 13.7. The molecular formula is C26H29FN4O3S. The van der Waals surface area contributed by atoms with E-state index in [1.165, 1.54) is 40.5 Å². The fourth-order valence-electron chi connectivity index (χ4n) is 3.76. The predicted octanol–water partition coefficient (Wildman–Crippen LogP) is 4.92. The monoisotopic (exact) mass is 496 g/mol. The normalized spacial score (nSPS) is 11.7. The van der Waals surface area contributed by atoms with Crippen molar-refractivity contribution in [3.63, 3.8) is 0 Å². The van der Waals surface area contributed by atoms with Gasteiger partial charge in [0.05, 0.1) is 0 Å². The van der Waals surface area contributed by atoms with E-state index in [2.05, 4.69) is 15.6 Å². The van der Waals surface area contributed by atoms with Gasteiger partial charge in [-0.2, -0.15) is 0 Å². The number of hydrogen-bond acceptors (Lipinski definition) is 5. The number of aromatic nitrogens is 1. The minimum Gasteiger partial charge on any atom is -0.352 e. The van der Waals surface area contributed by atoms with E-state index in [-0.39, 0.29) is 24.8 Å². The van der Waals surface area contributed by atoms with Gasteiger partial charge in [0.25, 0.3) is 0 Å². The van der Waals surface area contributed by atoms with Gasteiger partial charge in [-0.15, -0.1) is 11.3 Å². The van der Waals surface area contributed by atoms with Crippen molar-refractivity contribution >= 4 is 39.9 Å². The van der Waals surface area contributed by atoms with E-state index >= 15 is 0 Å². The van der Waals surface area contributed by atoms with Crippen LogP contribution in [-0.4, -0.2) is 28.7 Å². The molecule has 0 aliphatic rings. The Morgan fingerprint density at radius 1 is 1.03 bits per heavy atom. The Bertz CT molecular complexity index is 1160. The van der Waals surface area contributed by atoms with Crippen molar-refractivity contribution in [3.8, 4) is 0 Å². The molecule has 1 atom stereocenters. The van der Waals surface area contributed by atoms with E-state index in [0.29, 0.717) is 16.4 Å². The molecule has 0 bridgehead atoms. The van der Waals surface area contributed by atoms with Gasteiger partial charge in [0, 0.05) is 36.1 Å². The summed E-state index contributed by atoms with van der Waals surface area (Å²) in [4.78, 5) is 44.8. The van der Waals surface area contributed by atoms with Crippen molar-refractivity contribution < 1.29 is 18.8 Å². The van der Waals surface area contributed by atoms with Gasteiger partial charge < -0.3 is 10.6 Å². The zero-order valence-electron chi connectivity index (χ0n) is 20.2. The van der Waals surface area contributed by atoms with Crippen molar-refractivity contribution in [1.82, 2.24) is 10.3 Å². The van der Waals surface area contributed by atoms with Gasteiger partial charge in [0.2, 0.25) is 17.7 Å². The lowest BCUT2D eigenvalue weighted by Gasteiger charge is -2.32. The average Bonchev–Trinajstić information content (AvgIpc) is 3.28. The van der Waals surface area contributed by atoms with Gasteiger partial charge in [-0.3, -0.25) is 19.3 Å². The number of hydrogen-bond donors (Lipinski definition) is 2. The number of amides is 3. The van der Waals surface area contributed by atoms with Crippen LogP contribution in [0.4, 0.5) is 15.2 Å². The number of carbonyl (C=O) groups is 3. The lowest BCUT2D eigenvalue weighted by Crippen LogP contribution is -2.46. The smallest absolute Gasteiger partial charge is 0.248 e. The Morgan fingerprint density at radius 2 is 1.69 bits per heavy atom. The SMILES string of the molecule is Cc1cc(C)cc(N(C(=O)CCC(=O)Nc2nccs2)[C@H](C(=O)NC(C)C)c2ccc(F)cc2)c1. The Kier molecular flexibility index (Phi) is 8.70. The number of benzene rings is 2. The fourth-order valence-corrected chi connectivity index (χ4v) is 4.31. The Morgan fingerprint density at radius 3 is 2.26 bits per heavy atom. The van der Waals surface area contributed by atoms with Gasteiger partial charge in [-0.25, -0.2) is 9.37 Å². The van der Waals surface area contributed by atoms with Gasteiger partial charge >= 0.3 is 0 Å². The molecule has 9 heteroatoms.